The predicted molar refractivity (Wildman–Crippen MR) is 147 cm³/mol. The maximum absolute atomic E-state index is 14.5. The molecule has 0 aliphatic carbocycles. The topological polar surface area (TPSA) is 96.4 Å². The minimum absolute atomic E-state index is 0.0720. The molecule has 4 rings (SSSR count). The van der Waals surface area contributed by atoms with Crippen molar-refractivity contribution in [3.8, 4) is 0 Å². The lowest BCUT2D eigenvalue weighted by Gasteiger charge is -2.41. The van der Waals surface area contributed by atoms with Gasteiger partial charge in [0.2, 0.25) is 11.8 Å². The summed E-state index contributed by atoms with van der Waals surface area (Å²) in [6.07, 6.45) is 5.55. The van der Waals surface area contributed by atoms with E-state index in [1.54, 1.807) is 22.0 Å². The van der Waals surface area contributed by atoms with Crippen molar-refractivity contribution in [2.24, 2.45) is 17.8 Å². The van der Waals surface area contributed by atoms with Gasteiger partial charge in [-0.1, -0.05) is 62.8 Å². The largest absolute Gasteiger partial charge is 0.465 e. The first kappa shape index (κ1) is 29.0. The molecule has 0 saturated carbocycles. The van der Waals surface area contributed by atoms with Crippen molar-refractivity contribution >= 4 is 17.8 Å². The molecule has 0 radical (unpaired) electrons. The Morgan fingerprint density at radius 2 is 1.97 bits per heavy atom. The number of esters is 1. The first-order chi connectivity index (χ1) is 18.7. The van der Waals surface area contributed by atoms with Gasteiger partial charge in [0.25, 0.3) is 0 Å². The Balaban J connectivity index is 1.78. The van der Waals surface area contributed by atoms with Gasteiger partial charge in [0, 0.05) is 13.1 Å². The number of nitrogens with zero attached hydrogens (tertiary/aromatic N) is 2. The Bertz CT molecular complexity index is 1090. The van der Waals surface area contributed by atoms with E-state index in [1.807, 2.05) is 51.1 Å². The van der Waals surface area contributed by atoms with Crippen molar-refractivity contribution in [3.63, 3.8) is 0 Å². The number of aliphatic hydroxyl groups is 1. The van der Waals surface area contributed by atoms with E-state index in [4.69, 9.17) is 9.47 Å². The lowest BCUT2D eigenvalue weighted by atomic mass is 9.66. The number of amides is 2. The first-order valence-corrected chi connectivity index (χ1v) is 14.0. The quantitative estimate of drug-likeness (QED) is 0.235. The van der Waals surface area contributed by atoms with Crippen molar-refractivity contribution in [1.29, 1.82) is 0 Å². The maximum atomic E-state index is 14.5. The number of fused-ring (bicyclic) bond motifs is 1. The molecule has 8 heteroatoms. The standard InChI is InChI=1S/C31H42N2O6/c1-6-9-18-38-29(37)25-24-27(35)33(23(20-34)21(4)8-3)26(31(24)16-15-30(25,5)39-31)28(36)32(17-7-2)19-22-13-11-10-12-14-22/h6-7,10-14,21,23-26,34H,1-2,8-9,15-20H2,3-5H3/t21-,23-,24-,25-,26?,30+,31?/m0/s1. The van der Waals surface area contributed by atoms with Gasteiger partial charge in [-0.05, 0) is 37.7 Å². The van der Waals surface area contributed by atoms with Crippen molar-refractivity contribution in [2.45, 2.75) is 76.3 Å². The van der Waals surface area contributed by atoms with E-state index < -0.39 is 41.1 Å². The van der Waals surface area contributed by atoms with Crippen LogP contribution in [0.4, 0.5) is 0 Å². The third-order valence-electron chi connectivity index (χ3n) is 8.99. The van der Waals surface area contributed by atoms with Crippen molar-refractivity contribution in [3.05, 3.63) is 61.2 Å². The van der Waals surface area contributed by atoms with E-state index in [1.165, 1.54) is 0 Å². The van der Waals surface area contributed by atoms with E-state index in [-0.39, 0.29) is 37.5 Å². The molecule has 3 fully saturated rings. The monoisotopic (exact) mass is 538 g/mol. The number of carbonyl (C=O) groups excluding carboxylic acids is 3. The van der Waals surface area contributed by atoms with Crippen LogP contribution in [0.1, 0.15) is 52.0 Å². The Labute approximate surface area is 231 Å². The van der Waals surface area contributed by atoms with Crippen LogP contribution >= 0.6 is 0 Å². The Hall–Kier alpha value is -2.97. The fourth-order valence-electron chi connectivity index (χ4n) is 6.87. The summed E-state index contributed by atoms with van der Waals surface area (Å²) in [4.78, 5) is 45.6. The summed E-state index contributed by atoms with van der Waals surface area (Å²) < 4.78 is 12.3. The van der Waals surface area contributed by atoms with Crippen LogP contribution in [-0.2, 0) is 30.4 Å². The molecule has 39 heavy (non-hydrogen) atoms. The van der Waals surface area contributed by atoms with Gasteiger partial charge in [0.15, 0.2) is 0 Å². The molecule has 3 heterocycles. The van der Waals surface area contributed by atoms with Crippen LogP contribution in [0.3, 0.4) is 0 Å². The molecular formula is C31H42N2O6. The molecule has 1 aromatic carbocycles. The summed E-state index contributed by atoms with van der Waals surface area (Å²) in [5.41, 5.74) is -1.14. The highest BCUT2D eigenvalue weighted by Gasteiger charge is 2.79. The molecule has 7 atom stereocenters. The molecule has 1 spiro atoms. The molecule has 3 aliphatic heterocycles. The maximum Gasteiger partial charge on any atom is 0.312 e. The van der Waals surface area contributed by atoms with E-state index >= 15 is 0 Å². The zero-order chi connectivity index (χ0) is 28.4. The SMILES string of the molecule is C=CCCOC(=O)[C@@H]1[C@H]2C(=O)N([C@@H](CO)[C@@H](C)CC)C(C(=O)N(CC=C)Cc3ccccc3)C23CC[C@@]1(C)O3. The molecule has 3 aliphatic rings. The Morgan fingerprint density at radius 1 is 1.26 bits per heavy atom. The van der Waals surface area contributed by atoms with Crippen LogP contribution in [-0.4, -0.2) is 75.7 Å². The van der Waals surface area contributed by atoms with Gasteiger partial charge in [-0.15, -0.1) is 13.2 Å². The average Bonchev–Trinajstić information content (AvgIpc) is 3.50. The van der Waals surface area contributed by atoms with Crippen LogP contribution < -0.4 is 0 Å². The van der Waals surface area contributed by atoms with Crippen LogP contribution in [0.2, 0.25) is 0 Å². The van der Waals surface area contributed by atoms with Crippen LogP contribution in [0, 0.1) is 17.8 Å². The van der Waals surface area contributed by atoms with E-state index in [0.29, 0.717) is 32.2 Å². The molecule has 212 valence electrons. The van der Waals surface area contributed by atoms with Crippen LogP contribution in [0.5, 0.6) is 0 Å². The van der Waals surface area contributed by atoms with Gasteiger partial charge in [-0.2, -0.15) is 0 Å². The molecule has 2 unspecified atom stereocenters. The van der Waals surface area contributed by atoms with Gasteiger partial charge >= 0.3 is 5.97 Å². The van der Waals surface area contributed by atoms with Gasteiger partial charge in [0.1, 0.15) is 17.6 Å². The summed E-state index contributed by atoms with van der Waals surface area (Å²) in [5, 5.41) is 10.5. The van der Waals surface area contributed by atoms with Gasteiger partial charge in [-0.25, -0.2) is 0 Å². The Morgan fingerprint density at radius 3 is 2.59 bits per heavy atom. The van der Waals surface area contributed by atoms with Gasteiger partial charge < -0.3 is 24.4 Å². The van der Waals surface area contributed by atoms with Crippen LogP contribution in [0.15, 0.2) is 55.6 Å². The normalized spacial score (nSPS) is 30.5. The molecule has 2 bridgehead atoms. The smallest absolute Gasteiger partial charge is 0.312 e. The fourth-order valence-corrected chi connectivity index (χ4v) is 6.87. The Kier molecular flexibility index (Phi) is 8.66. The summed E-state index contributed by atoms with van der Waals surface area (Å²) >= 11 is 0. The van der Waals surface area contributed by atoms with Crippen molar-refractivity contribution in [1.82, 2.24) is 9.80 Å². The third-order valence-corrected chi connectivity index (χ3v) is 8.99. The third kappa shape index (κ3) is 4.93. The zero-order valence-electron chi connectivity index (χ0n) is 23.4. The second-order valence-corrected chi connectivity index (χ2v) is 11.3. The second-order valence-electron chi connectivity index (χ2n) is 11.3. The number of aliphatic hydroxyl groups excluding tert-OH is 1. The van der Waals surface area contributed by atoms with Crippen molar-refractivity contribution < 1.29 is 29.0 Å². The molecule has 2 amide bonds. The molecule has 1 aromatic rings. The molecular weight excluding hydrogens is 496 g/mol. The highest BCUT2D eigenvalue weighted by atomic mass is 16.6. The number of ether oxygens (including phenoxy) is 2. The summed E-state index contributed by atoms with van der Waals surface area (Å²) in [6, 6.07) is 8.09. The van der Waals surface area contributed by atoms with Crippen molar-refractivity contribution in [2.75, 3.05) is 19.8 Å². The number of likely N-dealkylation sites (tertiary alicyclic amines) is 1. The predicted octanol–water partition coefficient (Wildman–Crippen LogP) is 3.49. The first-order valence-electron chi connectivity index (χ1n) is 14.0. The van der Waals surface area contributed by atoms with Gasteiger partial charge in [-0.3, -0.25) is 14.4 Å². The van der Waals surface area contributed by atoms with E-state index in [2.05, 4.69) is 13.2 Å². The molecule has 8 nitrogen and oxygen atoms in total. The zero-order valence-corrected chi connectivity index (χ0v) is 23.4. The lowest BCUT2D eigenvalue weighted by Crippen LogP contribution is -2.59. The second kappa shape index (κ2) is 11.6. The summed E-state index contributed by atoms with van der Waals surface area (Å²) in [7, 11) is 0. The lowest BCUT2D eigenvalue weighted by molar-refractivity contribution is -0.162. The highest BCUT2D eigenvalue weighted by Crippen LogP contribution is 2.64. The van der Waals surface area contributed by atoms with Crippen LogP contribution in [0.25, 0.3) is 0 Å². The van der Waals surface area contributed by atoms with Gasteiger partial charge in [0.05, 0.1) is 30.8 Å². The molecule has 1 N–H and O–H groups in total. The number of carbonyl (C=O) groups is 3. The van der Waals surface area contributed by atoms with E-state index in [9.17, 15) is 19.5 Å². The molecule has 0 aromatic heterocycles. The number of rotatable bonds is 13. The fraction of sp³-hybridized carbons (Fsp3) is 0.581. The number of hydrogen-bond donors (Lipinski definition) is 1. The minimum atomic E-state index is -1.18. The number of hydrogen-bond acceptors (Lipinski definition) is 6. The van der Waals surface area contributed by atoms with E-state index in [0.717, 1.165) is 5.56 Å². The highest BCUT2D eigenvalue weighted by molar-refractivity contribution is 5.98. The summed E-state index contributed by atoms with van der Waals surface area (Å²) in [6.45, 7) is 13.8. The molecule has 3 saturated heterocycles. The minimum Gasteiger partial charge on any atom is -0.465 e. The average molecular weight is 539 g/mol. The number of benzene rings is 1. The summed E-state index contributed by atoms with van der Waals surface area (Å²) in [5.74, 6) is -2.83.